The molecule has 3 atom stereocenters. The van der Waals surface area contributed by atoms with Gasteiger partial charge in [-0.05, 0) is 25.0 Å². The van der Waals surface area contributed by atoms with Crippen molar-refractivity contribution >= 4 is 0 Å². The summed E-state index contributed by atoms with van der Waals surface area (Å²) >= 11 is 0. The Bertz CT molecular complexity index is 630. The molecular weight excluding hydrogens is 280 g/mol. The predicted octanol–water partition coefficient (Wildman–Crippen LogP) is 1.92. The van der Waals surface area contributed by atoms with Gasteiger partial charge in [0.1, 0.15) is 0 Å². The summed E-state index contributed by atoms with van der Waals surface area (Å²) in [4.78, 5) is 6.92. The average Bonchev–Trinajstić information content (AvgIpc) is 3.17. The van der Waals surface area contributed by atoms with Crippen LogP contribution >= 0.6 is 0 Å². The number of hydrogen-bond acceptors (Lipinski definition) is 6. The van der Waals surface area contributed by atoms with Crippen molar-refractivity contribution in [2.24, 2.45) is 0 Å². The largest absolute Gasteiger partial charge is 0.425 e. The zero-order chi connectivity index (χ0) is 14.9. The molecule has 0 unspecified atom stereocenters. The molecule has 0 radical (unpaired) electrons. The molecule has 6 heteroatoms. The molecule has 2 aromatic heterocycles. The number of nitrogens with zero attached hydrogens (tertiary/aromatic N) is 4. The quantitative estimate of drug-likeness (QED) is 0.863. The van der Waals surface area contributed by atoms with Gasteiger partial charge in [0, 0.05) is 38.9 Å². The number of piperidine rings is 1. The van der Waals surface area contributed by atoms with E-state index >= 15 is 0 Å². The Balaban J connectivity index is 1.55. The molecular formula is C16H20N4O2. The molecule has 0 bridgehead atoms. The third kappa shape index (κ3) is 2.64. The van der Waals surface area contributed by atoms with E-state index in [1.165, 1.54) is 0 Å². The number of rotatable bonds is 3. The second-order valence-corrected chi connectivity index (χ2v) is 6.11. The van der Waals surface area contributed by atoms with E-state index in [1.807, 2.05) is 25.3 Å². The van der Waals surface area contributed by atoms with Gasteiger partial charge in [-0.25, -0.2) is 0 Å². The molecule has 22 heavy (non-hydrogen) atoms. The first-order valence-corrected chi connectivity index (χ1v) is 7.85. The van der Waals surface area contributed by atoms with Gasteiger partial charge in [-0.15, -0.1) is 10.2 Å². The summed E-state index contributed by atoms with van der Waals surface area (Å²) in [5.41, 5.74) is 1.09. The molecule has 2 aliphatic rings. The van der Waals surface area contributed by atoms with Crippen molar-refractivity contribution in [1.82, 2.24) is 20.1 Å². The fourth-order valence-electron chi connectivity index (χ4n) is 3.59. The van der Waals surface area contributed by atoms with Crippen molar-refractivity contribution in [2.75, 3.05) is 13.2 Å². The van der Waals surface area contributed by atoms with Crippen LogP contribution in [0, 0.1) is 6.92 Å². The standard InChI is InChI=1S/C16H20N4O2/c1-11-18-19-16(22-11)12-8-15-14(5-7-21-15)20(9-12)10-13-4-2-3-6-17-13/h2-4,6,12,14-15H,5,7-10H2,1H3/t12-,14-,15-/m1/s1. The maximum Gasteiger partial charge on any atom is 0.220 e. The van der Waals surface area contributed by atoms with Gasteiger partial charge in [0.2, 0.25) is 11.8 Å². The highest BCUT2D eigenvalue weighted by molar-refractivity contribution is 5.07. The van der Waals surface area contributed by atoms with E-state index in [9.17, 15) is 0 Å². The topological polar surface area (TPSA) is 64.3 Å². The van der Waals surface area contributed by atoms with Gasteiger partial charge in [-0.3, -0.25) is 9.88 Å². The molecule has 2 aliphatic heterocycles. The number of fused-ring (bicyclic) bond motifs is 1. The Hall–Kier alpha value is -1.79. The fourth-order valence-corrected chi connectivity index (χ4v) is 3.59. The summed E-state index contributed by atoms with van der Waals surface area (Å²) in [7, 11) is 0. The summed E-state index contributed by atoms with van der Waals surface area (Å²) in [5.74, 6) is 1.60. The van der Waals surface area contributed by atoms with Crippen molar-refractivity contribution < 1.29 is 9.15 Å². The number of hydrogen-bond donors (Lipinski definition) is 0. The summed E-state index contributed by atoms with van der Waals surface area (Å²) < 4.78 is 11.6. The number of ether oxygens (including phenoxy) is 1. The molecule has 0 spiro atoms. The molecule has 4 rings (SSSR count). The van der Waals surface area contributed by atoms with Gasteiger partial charge >= 0.3 is 0 Å². The first-order valence-electron chi connectivity index (χ1n) is 7.85. The highest BCUT2D eigenvalue weighted by atomic mass is 16.5. The average molecular weight is 300 g/mol. The minimum absolute atomic E-state index is 0.240. The minimum Gasteiger partial charge on any atom is -0.425 e. The second kappa shape index (κ2) is 5.78. The van der Waals surface area contributed by atoms with Crippen LogP contribution in [0.4, 0.5) is 0 Å². The number of aromatic nitrogens is 3. The van der Waals surface area contributed by atoms with Crippen LogP contribution in [0.25, 0.3) is 0 Å². The van der Waals surface area contributed by atoms with Crippen LogP contribution in [0.3, 0.4) is 0 Å². The zero-order valence-electron chi connectivity index (χ0n) is 12.7. The van der Waals surface area contributed by atoms with E-state index in [0.717, 1.165) is 44.1 Å². The van der Waals surface area contributed by atoms with E-state index in [-0.39, 0.29) is 12.0 Å². The molecule has 0 aromatic carbocycles. The number of aryl methyl sites for hydroxylation is 1. The molecule has 0 saturated carbocycles. The molecule has 6 nitrogen and oxygen atoms in total. The van der Waals surface area contributed by atoms with Crippen LogP contribution in [0.5, 0.6) is 0 Å². The molecule has 4 heterocycles. The van der Waals surface area contributed by atoms with Gasteiger partial charge in [0.25, 0.3) is 0 Å². The smallest absolute Gasteiger partial charge is 0.220 e. The molecule has 0 amide bonds. The highest BCUT2D eigenvalue weighted by Gasteiger charge is 2.42. The van der Waals surface area contributed by atoms with Crippen LogP contribution < -0.4 is 0 Å². The normalized spacial score (nSPS) is 28.7. The van der Waals surface area contributed by atoms with E-state index in [1.54, 1.807) is 0 Å². The van der Waals surface area contributed by atoms with Crippen molar-refractivity contribution in [3.05, 3.63) is 41.9 Å². The summed E-state index contributed by atoms with van der Waals surface area (Å²) in [6.45, 7) is 4.43. The SMILES string of the molecule is Cc1nnc([C@@H]2C[C@H]3OCC[C@H]3N(Cc3ccccn3)C2)o1. The van der Waals surface area contributed by atoms with E-state index in [0.29, 0.717) is 11.9 Å². The second-order valence-electron chi connectivity index (χ2n) is 6.11. The third-order valence-corrected chi connectivity index (χ3v) is 4.60. The Morgan fingerprint density at radius 3 is 3.05 bits per heavy atom. The summed E-state index contributed by atoms with van der Waals surface area (Å²) in [6.07, 6.45) is 4.16. The first-order chi connectivity index (χ1) is 10.8. The van der Waals surface area contributed by atoms with Crippen LogP contribution in [0.1, 0.15) is 36.2 Å². The van der Waals surface area contributed by atoms with Crippen LogP contribution in [0.2, 0.25) is 0 Å². The lowest BCUT2D eigenvalue weighted by Gasteiger charge is -2.39. The van der Waals surface area contributed by atoms with E-state index in [2.05, 4.69) is 26.1 Å². The van der Waals surface area contributed by atoms with Crippen LogP contribution in [0.15, 0.2) is 28.8 Å². The zero-order valence-corrected chi connectivity index (χ0v) is 12.7. The first kappa shape index (κ1) is 13.8. The Morgan fingerprint density at radius 2 is 2.27 bits per heavy atom. The highest BCUT2D eigenvalue weighted by Crippen LogP contribution is 2.36. The van der Waals surface area contributed by atoms with Crippen molar-refractivity contribution in [3.63, 3.8) is 0 Å². The number of pyridine rings is 1. The monoisotopic (exact) mass is 300 g/mol. The van der Waals surface area contributed by atoms with Crippen molar-refractivity contribution in [3.8, 4) is 0 Å². The minimum atomic E-state index is 0.240. The fraction of sp³-hybridized carbons (Fsp3) is 0.562. The molecule has 0 aliphatic carbocycles. The Morgan fingerprint density at radius 1 is 1.32 bits per heavy atom. The summed E-state index contributed by atoms with van der Waals surface area (Å²) in [5, 5.41) is 8.18. The van der Waals surface area contributed by atoms with Crippen LogP contribution in [-0.2, 0) is 11.3 Å². The molecule has 2 aromatic rings. The lowest BCUT2D eigenvalue weighted by atomic mass is 9.90. The van der Waals surface area contributed by atoms with Gasteiger partial charge in [-0.1, -0.05) is 6.07 Å². The molecule has 116 valence electrons. The number of likely N-dealkylation sites (tertiary alicyclic amines) is 1. The van der Waals surface area contributed by atoms with Gasteiger partial charge in [-0.2, -0.15) is 0 Å². The lowest BCUT2D eigenvalue weighted by molar-refractivity contribution is 0.00874. The summed E-state index contributed by atoms with van der Waals surface area (Å²) in [6, 6.07) is 6.53. The third-order valence-electron chi connectivity index (χ3n) is 4.60. The van der Waals surface area contributed by atoms with Crippen molar-refractivity contribution in [1.29, 1.82) is 0 Å². The van der Waals surface area contributed by atoms with Crippen LogP contribution in [-0.4, -0.2) is 45.4 Å². The predicted molar refractivity (Wildman–Crippen MR) is 79.2 cm³/mol. The molecule has 2 saturated heterocycles. The molecule has 0 N–H and O–H groups in total. The Labute approximate surface area is 129 Å². The van der Waals surface area contributed by atoms with Crippen molar-refractivity contribution in [2.45, 2.75) is 44.4 Å². The van der Waals surface area contributed by atoms with Gasteiger partial charge in [0.05, 0.1) is 17.7 Å². The lowest BCUT2D eigenvalue weighted by Crippen LogP contribution is -2.48. The maximum absolute atomic E-state index is 5.93. The Kier molecular flexibility index (Phi) is 3.63. The van der Waals surface area contributed by atoms with E-state index in [4.69, 9.17) is 9.15 Å². The van der Waals surface area contributed by atoms with Gasteiger partial charge in [0.15, 0.2) is 0 Å². The molecule has 2 fully saturated rings. The van der Waals surface area contributed by atoms with E-state index < -0.39 is 0 Å². The van der Waals surface area contributed by atoms with Gasteiger partial charge < -0.3 is 9.15 Å². The maximum atomic E-state index is 5.93.